The van der Waals surface area contributed by atoms with E-state index in [-0.39, 0.29) is 4.75 Å². The van der Waals surface area contributed by atoms with E-state index in [4.69, 9.17) is 17.4 Å². The van der Waals surface area contributed by atoms with Crippen LogP contribution in [0.1, 0.15) is 32.1 Å². The summed E-state index contributed by atoms with van der Waals surface area (Å²) in [5, 5.41) is 0. The van der Waals surface area contributed by atoms with Crippen molar-refractivity contribution in [3.8, 4) is 0 Å². The van der Waals surface area contributed by atoms with Crippen LogP contribution in [-0.4, -0.2) is 18.0 Å². The third-order valence-corrected chi connectivity index (χ3v) is 3.69. The Balaban J connectivity index is 1.91. The fraction of sp³-hybridized carbons (Fsp3) is 1.00. The van der Waals surface area contributed by atoms with Gasteiger partial charge in [0, 0.05) is 0 Å². The Morgan fingerprint density at radius 2 is 1.73 bits per heavy atom. The maximum absolute atomic E-state index is 5.21. The van der Waals surface area contributed by atoms with Crippen molar-refractivity contribution in [3.05, 3.63) is 0 Å². The number of ether oxygens (including phenoxy) is 1. The summed E-state index contributed by atoms with van der Waals surface area (Å²) in [5.41, 5.74) is 0. The Labute approximate surface area is 73.9 Å². The Hall–Kier alpha value is 0.310. The van der Waals surface area contributed by atoms with Gasteiger partial charge in [0.1, 0.15) is 0 Å². The number of hydrogen-bond donors (Lipinski definition) is 1. The zero-order valence-electron chi connectivity index (χ0n) is 6.88. The summed E-state index contributed by atoms with van der Waals surface area (Å²) < 4.78 is 5.48. The van der Waals surface area contributed by atoms with Crippen LogP contribution in [0.4, 0.5) is 0 Å². The first-order valence-corrected chi connectivity index (χ1v) is 5.06. The van der Waals surface area contributed by atoms with Gasteiger partial charge >= 0.3 is 0 Å². The van der Waals surface area contributed by atoms with Gasteiger partial charge in [-0.25, -0.2) is 0 Å². The monoisotopic (exact) mass is 172 g/mol. The van der Waals surface area contributed by atoms with Crippen LogP contribution in [0, 0.1) is 5.92 Å². The first kappa shape index (κ1) is 7.93. The molecule has 0 aromatic heterocycles. The maximum atomic E-state index is 5.21. The molecule has 64 valence electrons. The smallest absolute Gasteiger partial charge is 0.0636 e. The van der Waals surface area contributed by atoms with Gasteiger partial charge in [-0.1, -0.05) is 19.3 Å². The lowest BCUT2D eigenvalue weighted by molar-refractivity contribution is -0.0412. The van der Waals surface area contributed by atoms with Gasteiger partial charge in [0.25, 0.3) is 0 Å². The minimum absolute atomic E-state index is 0.264. The minimum Gasteiger partial charge on any atom is -0.378 e. The van der Waals surface area contributed by atoms with Crippen molar-refractivity contribution in [2.45, 2.75) is 36.9 Å². The van der Waals surface area contributed by atoms with Gasteiger partial charge in [0.2, 0.25) is 0 Å². The van der Waals surface area contributed by atoms with E-state index in [2.05, 4.69) is 0 Å². The standard InChI is InChI=1S/C9H16OS/c11-9(6-10-7-9)8-4-2-1-3-5-8/h8,11H,1-7H2. The van der Waals surface area contributed by atoms with Gasteiger partial charge in [-0.3, -0.25) is 0 Å². The fourth-order valence-corrected chi connectivity index (χ4v) is 2.63. The molecule has 11 heavy (non-hydrogen) atoms. The van der Waals surface area contributed by atoms with Crippen LogP contribution in [0.2, 0.25) is 0 Å². The second-order valence-corrected chi connectivity index (χ2v) is 4.82. The van der Waals surface area contributed by atoms with Crippen molar-refractivity contribution < 1.29 is 4.74 Å². The van der Waals surface area contributed by atoms with E-state index in [9.17, 15) is 0 Å². The lowest BCUT2D eigenvalue weighted by Gasteiger charge is -2.45. The maximum Gasteiger partial charge on any atom is 0.0636 e. The van der Waals surface area contributed by atoms with Crippen LogP contribution in [0.25, 0.3) is 0 Å². The molecular weight excluding hydrogens is 156 g/mol. The van der Waals surface area contributed by atoms with Crippen LogP contribution in [0.3, 0.4) is 0 Å². The molecule has 0 unspecified atom stereocenters. The Morgan fingerprint density at radius 1 is 1.09 bits per heavy atom. The fourth-order valence-electron chi connectivity index (χ4n) is 2.19. The molecule has 0 bridgehead atoms. The van der Waals surface area contributed by atoms with Crippen molar-refractivity contribution in [2.75, 3.05) is 13.2 Å². The lowest BCUT2D eigenvalue weighted by Crippen LogP contribution is -2.51. The van der Waals surface area contributed by atoms with Crippen molar-refractivity contribution in [2.24, 2.45) is 5.92 Å². The van der Waals surface area contributed by atoms with E-state index in [1.54, 1.807) is 0 Å². The van der Waals surface area contributed by atoms with E-state index in [0.29, 0.717) is 0 Å². The summed E-state index contributed by atoms with van der Waals surface area (Å²) in [7, 11) is 0. The topological polar surface area (TPSA) is 9.23 Å². The SMILES string of the molecule is SC1(C2CCCCC2)COC1. The summed E-state index contributed by atoms with van der Waals surface area (Å²) in [4.78, 5) is 0. The highest BCUT2D eigenvalue weighted by Gasteiger charge is 2.42. The summed E-state index contributed by atoms with van der Waals surface area (Å²) in [6.45, 7) is 1.78. The summed E-state index contributed by atoms with van der Waals surface area (Å²) in [6, 6.07) is 0. The van der Waals surface area contributed by atoms with Crippen molar-refractivity contribution >= 4 is 12.6 Å². The molecule has 1 aliphatic carbocycles. The molecule has 1 saturated heterocycles. The minimum atomic E-state index is 0.264. The molecule has 0 amide bonds. The molecule has 0 spiro atoms. The summed E-state index contributed by atoms with van der Waals surface area (Å²) in [5.74, 6) is 0.841. The van der Waals surface area contributed by atoms with Gasteiger partial charge in [-0.15, -0.1) is 0 Å². The third kappa shape index (κ3) is 1.43. The zero-order chi connectivity index (χ0) is 7.73. The van der Waals surface area contributed by atoms with Crippen LogP contribution >= 0.6 is 12.6 Å². The molecule has 1 nitrogen and oxygen atoms in total. The highest BCUT2D eigenvalue weighted by atomic mass is 32.1. The average Bonchev–Trinajstić information content (AvgIpc) is 2.02. The quantitative estimate of drug-likeness (QED) is 0.597. The van der Waals surface area contributed by atoms with Crippen molar-refractivity contribution in [1.82, 2.24) is 0 Å². The number of rotatable bonds is 1. The highest BCUT2D eigenvalue weighted by molar-refractivity contribution is 7.82. The molecule has 0 aromatic rings. The van der Waals surface area contributed by atoms with Gasteiger partial charge in [0.05, 0.1) is 18.0 Å². The normalized spacial score (nSPS) is 31.4. The van der Waals surface area contributed by atoms with Gasteiger partial charge in [0.15, 0.2) is 0 Å². The number of hydrogen-bond acceptors (Lipinski definition) is 2. The van der Waals surface area contributed by atoms with Crippen molar-refractivity contribution in [3.63, 3.8) is 0 Å². The average molecular weight is 172 g/mol. The molecule has 0 radical (unpaired) electrons. The second kappa shape index (κ2) is 2.98. The molecule has 1 saturated carbocycles. The highest BCUT2D eigenvalue weighted by Crippen LogP contribution is 2.41. The molecule has 0 N–H and O–H groups in total. The van der Waals surface area contributed by atoms with Gasteiger partial charge in [-0.2, -0.15) is 12.6 Å². The largest absolute Gasteiger partial charge is 0.378 e. The molecule has 1 aliphatic heterocycles. The predicted molar refractivity (Wildman–Crippen MR) is 49.1 cm³/mol. The summed E-state index contributed by atoms with van der Waals surface area (Å²) >= 11 is 4.69. The molecule has 2 rings (SSSR count). The van der Waals surface area contributed by atoms with Crippen molar-refractivity contribution in [1.29, 1.82) is 0 Å². The van der Waals surface area contributed by atoms with Crippen LogP contribution < -0.4 is 0 Å². The van der Waals surface area contributed by atoms with Gasteiger partial charge < -0.3 is 4.74 Å². The second-order valence-electron chi connectivity index (χ2n) is 3.93. The third-order valence-electron chi connectivity index (χ3n) is 3.07. The van der Waals surface area contributed by atoms with E-state index in [0.717, 1.165) is 19.1 Å². The lowest BCUT2D eigenvalue weighted by atomic mass is 9.78. The van der Waals surface area contributed by atoms with Crippen LogP contribution in [-0.2, 0) is 4.74 Å². The Bertz CT molecular complexity index is 136. The molecule has 0 aromatic carbocycles. The molecule has 2 aliphatic rings. The number of thiol groups is 1. The van der Waals surface area contributed by atoms with Crippen LogP contribution in [0.15, 0.2) is 0 Å². The zero-order valence-corrected chi connectivity index (χ0v) is 7.78. The van der Waals surface area contributed by atoms with E-state index in [1.165, 1.54) is 32.1 Å². The molecular formula is C9H16OS. The summed E-state index contributed by atoms with van der Waals surface area (Å²) in [6.07, 6.45) is 7.01. The first-order chi connectivity index (χ1) is 5.31. The molecule has 1 heterocycles. The predicted octanol–water partition coefficient (Wildman–Crippen LogP) is 2.27. The Kier molecular flexibility index (Phi) is 2.15. The van der Waals surface area contributed by atoms with Crippen LogP contribution in [0.5, 0.6) is 0 Å². The molecule has 2 heteroatoms. The van der Waals surface area contributed by atoms with E-state index in [1.807, 2.05) is 0 Å². The van der Waals surface area contributed by atoms with E-state index < -0.39 is 0 Å². The van der Waals surface area contributed by atoms with Gasteiger partial charge in [-0.05, 0) is 18.8 Å². The molecule has 0 atom stereocenters. The van der Waals surface area contributed by atoms with E-state index >= 15 is 0 Å². The Morgan fingerprint density at radius 3 is 2.18 bits per heavy atom. The molecule has 2 fully saturated rings. The first-order valence-electron chi connectivity index (χ1n) is 4.61.